The van der Waals surface area contributed by atoms with E-state index in [9.17, 15) is 17.6 Å². The van der Waals surface area contributed by atoms with E-state index in [1.54, 1.807) is 19.9 Å². The average Bonchev–Trinajstić information content (AvgIpc) is 2.96. The highest BCUT2D eigenvalue weighted by molar-refractivity contribution is 5.46. The van der Waals surface area contributed by atoms with Crippen LogP contribution in [0.2, 0.25) is 0 Å². The number of halogens is 4. The predicted molar refractivity (Wildman–Crippen MR) is 80.6 cm³/mol. The fraction of sp³-hybridized carbons (Fsp3) is 0.267. The topological polar surface area (TPSA) is 64.3 Å². The monoisotopic (exact) mass is 355 g/mol. The van der Waals surface area contributed by atoms with Crippen LogP contribution < -0.4 is 10.1 Å². The molecule has 3 rings (SSSR count). The Labute approximate surface area is 139 Å². The molecule has 0 aliphatic heterocycles. The minimum absolute atomic E-state index is 0.398. The first kappa shape index (κ1) is 16.9. The lowest BCUT2D eigenvalue weighted by atomic mass is 10.1. The number of ether oxygens (including phenoxy) is 1. The Bertz CT molecular complexity index is 909. The van der Waals surface area contributed by atoms with Crippen LogP contribution in [0.25, 0.3) is 5.78 Å². The van der Waals surface area contributed by atoms with Crippen LogP contribution in [0.5, 0.6) is 5.75 Å². The number of rotatable bonds is 4. The van der Waals surface area contributed by atoms with E-state index in [0.29, 0.717) is 22.9 Å². The van der Waals surface area contributed by atoms with Crippen LogP contribution in [0.1, 0.15) is 24.2 Å². The Morgan fingerprint density at radius 2 is 2.00 bits per heavy atom. The second-order valence-corrected chi connectivity index (χ2v) is 5.36. The van der Waals surface area contributed by atoms with Gasteiger partial charge in [-0.05, 0) is 31.5 Å². The molecule has 25 heavy (non-hydrogen) atoms. The fourth-order valence-corrected chi connectivity index (χ4v) is 2.33. The number of nitrogens with one attached hydrogen (secondary N) is 1. The number of aryl methyl sites for hydroxylation is 1. The van der Waals surface area contributed by atoms with Crippen molar-refractivity contribution in [1.29, 1.82) is 0 Å². The van der Waals surface area contributed by atoms with Crippen molar-refractivity contribution in [3.63, 3.8) is 0 Å². The molecule has 0 bridgehead atoms. The van der Waals surface area contributed by atoms with Crippen LogP contribution in [0.3, 0.4) is 0 Å². The summed E-state index contributed by atoms with van der Waals surface area (Å²) in [6.07, 6.45) is -3.60. The quantitative estimate of drug-likeness (QED) is 0.724. The van der Waals surface area contributed by atoms with Crippen molar-refractivity contribution in [2.24, 2.45) is 0 Å². The molecule has 0 aliphatic rings. The number of benzene rings is 1. The average molecular weight is 355 g/mol. The maximum absolute atomic E-state index is 13.9. The van der Waals surface area contributed by atoms with E-state index in [1.807, 2.05) is 0 Å². The highest BCUT2D eigenvalue weighted by Gasteiger charge is 2.32. The number of hydrogen-bond donors (Lipinski definition) is 1. The van der Waals surface area contributed by atoms with Crippen LogP contribution in [-0.2, 0) is 0 Å². The summed E-state index contributed by atoms with van der Waals surface area (Å²) in [6.45, 7) is 3.52. The molecular weight excluding hydrogens is 342 g/mol. The van der Waals surface area contributed by atoms with E-state index in [4.69, 9.17) is 0 Å². The zero-order valence-electron chi connectivity index (χ0n) is 13.2. The zero-order chi connectivity index (χ0) is 18.2. The van der Waals surface area contributed by atoms with E-state index in [2.05, 4.69) is 25.1 Å². The smallest absolute Gasteiger partial charge is 0.403 e. The lowest BCUT2D eigenvalue weighted by Gasteiger charge is -2.17. The van der Waals surface area contributed by atoms with Crippen molar-refractivity contribution in [2.75, 3.05) is 5.32 Å². The van der Waals surface area contributed by atoms with Crippen LogP contribution in [-0.4, -0.2) is 25.9 Å². The third kappa shape index (κ3) is 3.78. The molecule has 132 valence electrons. The molecule has 0 spiro atoms. The highest BCUT2D eigenvalue weighted by Crippen LogP contribution is 2.28. The predicted octanol–water partition coefficient (Wildman–Crippen LogP) is 3.64. The van der Waals surface area contributed by atoms with Gasteiger partial charge in [-0.2, -0.15) is 14.6 Å². The van der Waals surface area contributed by atoms with Crippen LogP contribution in [0, 0.1) is 12.7 Å². The lowest BCUT2D eigenvalue weighted by Crippen LogP contribution is -2.18. The number of fused-ring (bicyclic) bond motifs is 1. The summed E-state index contributed by atoms with van der Waals surface area (Å²) in [5.41, 5.74) is 1.14. The van der Waals surface area contributed by atoms with Crippen molar-refractivity contribution >= 4 is 11.6 Å². The van der Waals surface area contributed by atoms with Gasteiger partial charge in [0.1, 0.15) is 12.1 Å². The summed E-state index contributed by atoms with van der Waals surface area (Å²) in [7, 11) is 0. The van der Waals surface area contributed by atoms with Crippen LogP contribution >= 0.6 is 0 Å². The van der Waals surface area contributed by atoms with Crippen LogP contribution in [0.4, 0.5) is 23.4 Å². The molecule has 1 atom stereocenters. The molecule has 3 aromatic rings. The Balaban J connectivity index is 1.84. The molecule has 0 radical (unpaired) electrons. The minimum Gasteiger partial charge on any atom is -0.403 e. The summed E-state index contributed by atoms with van der Waals surface area (Å²) in [4.78, 5) is 8.20. The molecule has 1 N–H and O–H groups in total. The lowest BCUT2D eigenvalue weighted by molar-refractivity contribution is -0.275. The van der Waals surface area contributed by atoms with E-state index in [0.717, 1.165) is 12.1 Å². The molecule has 1 unspecified atom stereocenters. The van der Waals surface area contributed by atoms with Crippen molar-refractivity contribution in [1.82, 2.24) is 19.6 Å². The van der Waals surface area contributed by atoms with Gasteiger partial charge < -0.3 is 10.1 Å². The van der Waals surface area contributed by atoms with Crippen molar-refractivity contribution in [2.45, 2.75) is 26.3 Å². The first-order valence-corrected chi connectivity index (χ1v) is 7.22. The van der Waals surface area contributed by atoms with E-state index in [1.165, 1.54) is 16.9 Å². The Morgan fingerprint density at radius 3 is 2.68 bits per heavy atom. The van der Waals surface area contributed by atoms with Crippen molar-refractivity contribution in [3.05, 3.63) is 47.7 Å². The van der Waals surface area contributed by atoms with E-state index < -0.39 is 24.0 Å². The van der Waals surface area contributed by atoms with Gasteiger partial charge >= 0.3 is 6.36 Å². The Kier molecular flexibility index (Phi) is 4.19. The second kappa shape index (κ2) is 6.19. The SMILES string of the molecule is Cc1cc(NC(C)c2ccc(OC(F)(F)F)c(F)c2)n2ncnc2n1. The maximum atomic E-state index is 13.9. The van der Waals surface area contributed by atoms with Gasteiger partial charge in [0.2, 0.25) is 0 Å². The van der Waals surface area contributed by atoms with E-state index in [-0.39, 0.29) is 0 Å². The molecular formula is C15H13F4N5O. The second-order valence-electron chi connectivity index (χ2n) is 5.36. The number of alkyl halides is 3. The number of anilines is 1. The van der Waals surface area contributed by atoms with Gasteiger partial charge in [0, 0.05) is 11.8 Å². The third-order valence-corrected chi connectivity index (χ3v) is 3.43. The summed E-state index contributed by atoms with van der Waals surface area (Å²) in [5, 5.41) is 7.15. The summed E-state index contributed by atoms with van der Waals surface area (Å²) < 4.78 is 55.6. The maximum Gasteiger partial charge on any atom is 0.573 e. The summed E-state index contributed by atoms with van der Waals surface area (Å²) >= 11 is 0. The van der Waals surface area contributed by atoms with Gasteiger partial charge in [0.05, 0.1) is 6.04 Å². The molecule has 0 aliphatic carbocycles. The molecule has 10 heteroatoms. The number of nitrogens with zero attached hydrogens (tertiary/aromatic N) is 4. The van der Waals surface area contributed by atoms with Gasteiger partial charge in [-0.1, -0.05) is 6.07 Å². The van der Waals surface area contributed by atoms with Gasteiger partial charge in [-0.25, -0.2) is 9.37 Å². The van der Waals surface area contributed by atoms with Gasteiger partial charge in [-0.3, -0.25) is 0 Å². The molecule has 0 saturated carbocycles. The Morgan fingerprint density at radius 1 is 1.24 bits per heavy atom. The van der Waals surface area contributed by atoms with Crippen molar-refractivity contribution in [3.8, 4) is 5.75 Å². The molecule has 0 amide bonds. The van der Waals surface area contributed by atoms with Crippen LogP contribution in [0.15, 0.2) is 30.6 Å². The normalized spacial score (nSPS) is 13.0. The van der Waals surface area contributed by atoms with E-state index >= 15 is 0 Å². The Hall–Kier alpha value is -2.91. The highest BCUT2D eigenvalue weighted by atomic mass is 19.4. The molecule has 6 nitrogen and oxygen atoms in total. The summed E-state index contributed by atoms with van der Waals surface area (Å²) in [5.74, 6) is -1.000. The fourth-order valence-electron chi connectivity index (χ4n) is 2.33. The van der Waals surface area contributed by atoms with Gasteiger partial charge in [0.15, 0.2) is 11.6 Å². The molecule has 0 saturated heterocycles. The number of aromatic nitrogens is 4. The molecule has 1 aromatic carbocycles. The standard InChI is InChI=1S/C15H13F4N5O/c1-8-5-13(24-14(22-8)20-7-21-24)23-9(2)10-3-4-12(11(16)6-10)25-15(17,18)19/h3-7,9,23H,1-2H3. The number of hydrogen-bond acceptors (Lipinski definition) is 5. The zero-order valence-corrected chi connectivity index (χ0v) is 13.2. The first-order chi connectivity index (χ1) is 11.7. The first-order valence-electron chi connectivity index (χ1n) is 7.22. The minimum atomic E-state index is -4.94. The van der Waals surface area contributed by atoms with Crippen molar-refractivity contribution < 1.29 is 22.3 Å². The van der Waals surface area contributed by atoms with Gasteiger partial charge in [0.25, 0.3) is 5.78 Å². The third-order valence-electron chi connectivity index (χ3n) is 3.43. The summed E-state index contributed by atoms with van der Waals surface area (Å²) in [6, 6.07) is 4.61. The molecule has 2 heterocycles. The van der Waals surface area contributed by atoms with Gasteiger partial charge in [-0.15, -0.1) is 13.2 Å². The molecule has 2 aromatic heterocycles. The molecule has 0 fully saturated rings. The largest absolute Gasteiger partial charge is 0.573 e.